The fraction of sp³-hybridized carbons (Fsp3) is 0.400. The molecule has 4 heteroatoms. The largest absolute Gasteiger partial charge is 0.320 e. The third-order valence-corrected chi connectivity index (χ3v) is 1.85. The predicted molar refractivity (Wildman–Crippen MR) is 55.8 cm³/mol. The lowest BCUT2D eigenvalue weighted by molar-refractivity contribution is -0.117. The lowest BCUT2D eigenvalue weighted by Gasteiger charge is -2.09. The van der Waals surface area contributed by atoms with Gasteiger partial charge in [0.1, 0.15) is 5.82 Å². The molecule has 0 radical (unpaired) electrons. The van der Waals surface area contributed by atoms with Crippen LogP contribution in [0.4, 0.5) is 5.82 Å². The summed E-state index contributed by atoms with van der Waals surface area (Å²) in [4.78, 5) is 15.4. The van der Waals surface area contributed by atoms with Crippen molar-refractivity contribution in [2.75, 3.05) is 5.32 Å². The molecule has 0 bridgehead atoms. The molecule has 4 nitrogen and oxygen atoms in total. The Morgan fingerprint density at radius 2 is 2.43 bits per heavy atom. The Bertz CT molecular complexity index is 287. The smallest absolute Gasteiger partial charge is 0.242 e. The van der Waals surface area contributed by atoms with Gasteiger partial charge in [0.25, 0.3) is 0 Å². The number of nitrogens with one attached hydrogen (secondary N) is 1. The predicted octanol–water partition coefficient (Wildman–Crippen LogP) is 1.15. The zero-order chi connectivity index (χ0) is 10.4. The first-order valence-corrected chi connectivity index (χ1v) is 4.71. The molecule has 3 N–H and O–H groups in total. The average Bonchev–Trinajstić information content (AvgIpc) is 2.19. The maximum Gasteiger partial charge on any atom is 0.242 e. The Hall–Kier alpha value is -1.42. The van der Waals surface area contributed by atoms with Crippen LogP contribution in [0.1, 0.15) is 19.8 Å². The summed E-state index contributed by atoms with van der Waals surface area (Å²) in [6, 6.07) is 4.90. The van der Waals surface area contributed by atoms with Gasteiger partial charge in [-0.05, 0) is 18.6 Å². The van der Waals surface area contributed by atoms with Crippen LogP contribution in [0, 0.1) is 0 Å². The highest BCUT2D eigenvalue weighted by atomic mass is 16.2. The number of carbonyl (C=O) groups excluding carboxylic acids is 1. The summed E-state index contributed by atoms with van der Waals surface area (Å²) in [6.07, 6.45) is 3.22. The van der Waals surface area contributed by atoms with Crippen LogP contribution in [0.2, 0.25) is 0 Å². The summed E-state index contributed by atoms with van der Waals surface area (Å²) in [5.41, 5.74) is 5.64. The van der Waals surface area contributed by atoms with E-state index in [0.717, 1.165) is 6.42 Å². The van der Waals surface area contributed by atoms with E-state index in [0.29, 0.717) is 12.2 Å². The van der Waals surface area contributed by atoms with E-state index < -0.39 is 6.04 Å². The molecule has 0 unspecified atom stereocenters. The van der Waals surface area contributed by atoms with Crippen molar-refractivity contribution in [3.63, 3.8) is 0 Å². The van der Waals surface area contributed by atoms with Crippen molar-refractivity contribution in [2.24, 2.45) is 5.73 Å². The first-order valence-electron chi connectivity index (χ1n) is 4.71. The number of pyridine rings is 1. The number of nitrogens with two attached hydrogens (primary N) is 1. The molecule has 1 atom stereocenters. The molecule has 1 aromatic heterocycles. The molecule has 1 aromatic rings. The SMILES string of the molecule is CCC[C@H](N)C(=O)Nc1ccccn1. The van der Waals surface area contributed by atoms with E-state index in [1.165, 1.54) is 0 Å². The minimum atomic E-state index is -0.443. The van der Waals surface area contributed by atoms with E-state index in [4.69, 9.17) is 5.73 Å². The van der Waals surface area contributed by atoms with Gasteiger partial charge in [0, 0.05) is 6.20 Å². The lowest BCUT2D eigenvalue weighted by Crippen LogP contribution is -2.35. The molecule has 1 heterocycles. The second kappa shape index (κ2) is 5.34. The Balaban J connectivity index is 2.49. The number of hydrogen-bond donors (Lipinski definition) is 2. The second-order valence-corrected chi connectivity index (χ2v) is 3.10. The third-order valence-electron chi connectivity index (χ3n) is 1.85. The molecule has 0 spiro atoms. The quantitative estimate of drug-likeness (QED) is 0.753. The zero-order valence-electron chi connectivity index (χ0n) is 8.23. The molecule has 1 amide bonds. The highest BCUT2D eigenvalue weighted by molar-refractivity contribution is 5.93. The molecule has 76 valence electrons. The molecule has 0 saturated carbocycles. The van der Waals surface area contributed by atoms with E-state index in [-0.39, 0.29) is 5.91 Å². The monoisotopic (exact) mass is 193 g/mol. The van der Waals surface area contributed by atoms with Gasteiger partial charge in [0.05, 0.1) is 6.04 Å². The summed E-state index contributed by atoms with van der Waals surface area (Å²) in [7, 11) is 0. The molecule has 0 aliphatic carbocycles. The highest BCUT2D eigenvalue weighted by Crippen LogP contribution is 2.02. The van der Waals surface area contributed by atoms with Gasteiger partial charge in [-0.25, -0.2) is 4.98 Å². The summed E-state index contributed by atoms with van der Waals surface area (Å²) in [5, 5.41) is 2.65. The Kier molecular flexibility index (Phi) is 4.07. The maximum atomic E-state index is 11.4. The summed E-state index contributed by atoms with van der Waals surface area (Å²) >= 11 is 0. The number of rotatable bonds is 4. The Labute approximate surface area is 83.5 Å². The van der Waals surface area contributed by atoms with Crippen LogP contribution in [0.3, 0.4) is 0 Å². The van der Waals surface area contributed by atoms with Gasteiger partial charge in [0.15, 0.2) is 0 Å². The van der Waals surface area contributed by atoms with E-state index in [9.17, 15) is 4.79 Å². The average molecular weight is 193 g/mol. The van der Waals surface area contributed by atoms with Crippen LogP contribution in [-0.2, 0) is 4.79 Å². The molecule has 0 saturated heterocycles. The van der Waals surface area contributed by atoms with Gasteiger partial charge in [-0.1, -0.05) is 19.4 Å². The van der Waals surface area contributed by atoms with Crippen LogP contribution in [0.5, 0.6) is 0 Å². The first kappa shape index (κ1) is 10.7. The van der Waals surface area contributed by atoms with Crippen LogP contribution in [0.25, 0.3) is 0 Å². The van der Waals surface area contributed by atoms with Crippen LogP contribution in [0.15, 0.2) is 24.4 Å². The number of anilines is 1. The van der Waals surface area contributed by atoms with Crippen molar-refractivity contribution in [3.8, 4) is 0 Å². The van der Waals surface area contributed by atoms with Gasteiger partial charge >= 0.3 is 0 Å². The van der Waals surface area contributed by atoms with Crippen molar-refractivity contribution >= 4 is 11.7 Å². The zero-order valence-corrected chi connectivity index (χ0v) is 8.23. The molecular formula is C10H15N3O. The number of nitrogens with zero attached hydrogens (tertiary/aromatic N) is 1. The molecule has 0 aliphatic rings. The van der Waals surface area contributed by atoms with E-state index in [1.807, 2.05) is 13.0 Å². The molecule has 0 aliphatic heterocycles. The fourth-order valence-corrected chi connectivity index (χ4v) is 1.10. The summed E-state index contributed by atoms with van der Waals surface area (Å²) < 4.78 is 0. The van der Waals surface area contributed by atoms with E-state index in [1.54, 1.807) is 18.3 Å². The number of aromatic nitrogens is 1. The van der Waals surface area contributed by atoms with Crippen molar-refractivity contribution in [2.45, 2.75) is 25.8 Å². The maximum absolute atomic E-state index is 11.4. The fourth-order valence-electron chi connectivity index (χ4n) is 1.10. The summed E-state index contributed by atoms with van der Waals surface area (Å²) in [6.45, 7) is 1.99. The van der Waals surface area contributed by atoms with Crippen LogP contribution in [-0.4, -0.2) is 16.9 Å². The van der Waals surface area contributed by atoms with Crippen molar-refractivity contribution in [3.05, 3.63) is 24.4 Å². The van der Waals surface area contributed by atoms with E-state index >= 15 is 0 Å². The molecular weight excluding hydrogens is 178 g/mol. The standard InChI is InChI=1S/C10H15N3O/c1-2-5-8(11)10(14)13-9-6-3-4-7-12-9/h3-4,6-8H,2,5,11H2,1H3,(H,12,13,14)/t8-/m0/s1. The van der Waals surface area contributed by atoms with E-state index in [2.05, 4.69) is 10.3 Å². The van der Waals surface area contributed by atoms with Crippen LogP contribution < -0.4 is 11.1 Å². The van der Waals surface area contributed by atoms with Crippen molar-refractivity contribution < 1.29 is 4.79 Å². The first-order chi connectivity index (χ1) is 6.74. The van der Waals surface area contributed by atoms with Gasteiger partial charge in [-0.2, -0.15) is 0 Å². The third kappa shape index (κ3) is 3.14. The molecule has 14 heavy (non-hydrogen) atoms. The van der Waals surface area contributed by atoms with Gasteiger partial charge in [0.2, 0.25) is 5.91 Å². The van der Waals surface area contributed by atoms with Gasteiger partial charge in [-0.15, -0.1) is 0 Å². The van der Waals surface area contributed by atoms with Gasteiger partial charge in [-0.3, -0.25) is 4.79 Å². The van der Waals surface area contributed by atoms with Crippen LogP contribution >= 0.6 is 0 Å². The molecule has 1 rings (SSSR count). The van der Waals surface area contributed by atoms with Crippen molar-refractivity contribution in [1.29, 1.82) is 0 Å². The molecule has 0 aromatic carbocycles. The Morgan fingerprint density at radius 1 is 1.64 bits per heavy atom. The topological polar surface area (TPSA) is 68.0 Å². The highest BCUT2D eigenvalue weighted by Gasteiger charge is 2.11. The Morgan fingerprint density at radius 3 is 3.00 bits per heavy atom. The number of amides is 1. The minimum absolute atomic E-state index is 0.175. The van der Waals surface area contributed by atoms with Crippen molar-refractivity contribution in [1.82, 2.24) is 4.98 Å². The minimum Gasteiger partial charge on any atom is -0.320 e. The number of hydrogen-bond acceptors (Lipinski definition) is 3. The number of carbonyl (C=O) groups is 1. The normalized spacial score (nSPS) is 12.1. The second-order valence-electron chi connectivity index (χ2n) is 3.10. The molecule has 0 fully saturated rings. The lowest BCUT2D eigenvalue weighted by atomic mass is 10.2. The van der Waals surface area contributed by atoms with Gasteiger partial charge < -0.3 is 11.1 Å². The summed E-state index contributed by atoms with van der Waals surface area (Å²) in [5.74, 6) is 0.370.